The van der Waals surface area contributed by atoms with E-state index in [0.29, 0.717) is 10.2 Å². The molecular weight excluding hydrogens is 368 g/mol. The summed E-state index contributed by atoms with van der Waals surface area (Å²) in [6, 6.07) is 5.76. The predicted molar refractivity (Wildman–Crippen MR) is 85.3 cm³/mol. The average molecular weight is 383 g/mol. The van der Waals surface area contributed by atoms with Crippen molar-refractivity contribution in [3.63, 3.8) is 0 Å². The number of benzene rings is 1. The molecule has 0 unspecified atom stereocenters. The van der Waals surface area contributed by atoms with Crippen LogP contribution in [0.1, 0.15) is 35.8 Å². The molecule has 2 rings (SSSR count). The number of hydrogen-bond acceptors (Lipinski definition) is 6. The van der Waals surface area contributed by atoms with Crippen LogP contribution in [-0.2, 0) is 9.53 Å². The first-order chi connectivity index (χ1) is 10.9. The summed E-state index contributed by atoms with van der Waals surface area (Å²) in [6.45, 7) is 3.43. The van der Waals surface area contributed by atoms with Gasteiger partial charge in [0.25, 0.3) is 5.91 Å². The lowest BCUT2D eigenvalue weighted by molar-refractivity contribution is -0.119. The van der Waals surface area contributed by atoms with E-state index in [-0.39, 0.29) is 23.1 Å². The molecule has 1 heterocycles. The molecule has 2 N–H and O–H groups in total. The standard InChI is InChI=1S/C15H15BrN2O5/c1-8(2)11-6-14(23-18-11)17-13(20)7-22-15(21)9-3-4-12(19)10(16)5-9/h3-6,8,19H,7H2,1-2H3,(H,17,20). The molecule has 1 amide bonds. The van der Waals surface area contributed by atoms with Crippen LogP contribution in [0.2, 0.25) is 0 Å². The molecule has 122 valence electrons. The highest BCUT2D eigenvalue weighted by Crippen LogP contribution is 2.24. The Hall–Kier alpha value is -2.35. The molecule has 1 aromatic carbocycles. The van der Waals surface area contributed by atoms with Gasteiger partial charge in [0.1, 0.15) is 5.75 Å². The van der Waals surface area contributed by atoms with Crippen molar-refractivity contribution < 1.29 is 24.0 Å². The SMILES string of the molecule is CC(C)c1cc(NC(=O)COC(=O)c2ccc(O)c(Br)c2)on1. The van der Waals surface area contributed by atoms with Crippen LogP contribution in [0.4, 0.5) is 5.88 Å². The van der Waals surface area contributed by atoms with Gasteiger partial charge in [0, 0.05) is 6.07 Å². The zero-order chi connectivity index (χ0) is 17.0. The average Bonchev–Trinajstić information content (AvgIpc) is 2.96. The first kappa shape index (κ1) is 17.0. The Balaban J connectivity index is 1.88. The Kier molecular flexibility index (Phi) is 5.38. The summed E-state index contributed by atoms with van der Waals surface area (Å²) in [6.07, 6.45) is 0. The largest absolute Gasteiger partial charge is 0.507 e. The number of carbonyl (C=O) groups is 2. The second-order valence-corrected chi connectivity index (χ2v) is 5.92. The van der Waals surface area contributed by atoms with Crippen LogP contribution in [-0.4, -0.2) is 28.7 Å². The highest BCUT2D eigenvalue weighted by Gasteiger charge is 2.14. The van der Waals surface area contributed by atoms with Gasteiger partial charge in [-0.15, -0.1) is 0 Å². The van der Waals surface area contributed by atoms with Crippen LogP contribution >= 0.6 is 15.9 Å². The summed E-state index contributed by atoms with van der Waals surface area (Å²) >= 11 is 3.10. The summed E-state index contributed by atoms with van der Waals surface area (Å²) in [5.74, 6) is -0.841. The third-order valence-corrected chi connectivity index (χ3v) is 3.54. The molecule has 0 aliphatic rings. The molecule has 0 atom stereocenters. The van der Waals surface area contributed by atoms with Gasteiger partial charge in [-0.1, -0.05) is 19.0 Å². The fourth-order valence-corrected chi connectivity index (χ4v) is 2.02. The van der Waals surface area contributed by atoms with Gasteiger partial charge in [-0.25, -0.2) is 4.79 Å². The van der Waals surface area contributed by atoms with Crippen molar-refractivity contribution in [3.05, 3.63) is 40.0 Å². The molecule has 0 bridgehead atoms. The van der Waals surface area contributed by atoms with E-state index in [4.69, 9.17) is 9.26 Å². The summed E-state index contributed by atoms with van der Waals surface area (Å²) < 4.78 is 10.2. The van der Waals surface area contributed by atoms with Crippen LogP contribution < -0.4 is 5.32 Å². The van der Waals surface area contributed by atoms with E-state index < -0.39 is 18.5 Å². The minimum absolute atomic E-state index is 0.00516. The van der Waals surface area contributed by atoms with E-state index in [1.165, 1.54) is 18.2 Å². The highest BCUT2D eigenvalue weighted by molar-refractivity contribution is 9.10. The number of carbonyl (C=O) groups excluding carboxylic acids is 2. The van der Waals surface area contributed by atoms with E-state index in [2.05, 4.69) is 26.4 Å². The van der Waals surface area contributed by atoms with E-state index in [1.54, 1.807) is 6.07 Å². The molecular formula is C15H15BrN2O5. The molecule has 0 aliphatic carbocycles. The molecule has 7 nitrogen and oxygen atoms in total. The van der Waals surface area contributed by atoms with E-state index in [9.17, 15) is 14.7 Å². The van der Waals surface area contributed by atoms with Gasteiger partial charge >= 0.3 is 5.97 Å². The van der Waals surface area contributed by atoms with Crippen molar-refractivity contribution in [2.45, 2.75) is 19.8 Å². The van der Waals surface area contributed by atoms with Gasteiger partial charge in [-0.2, -0.15) is 0 Å². The number of nitrogens with zero attached hydrogens (tertiary/aromatic N) is 1. The maximum Gasteiger partial charge on any atom is 0.338 e. The maximum absolute atomic E-state index is 11.8. The van der Waals surface area contributed by atoms with Crippen molar-refractivity contribution in [2.75, 3.05) is 11.9 Å². The molecule has 1 aromatic heterocycles. The Morgan fingerprint density at radius 1 is 1.39 bits per heavy atom. The Bertz CT molecular complexity index is 726. The molecule has 0 fully saturated rings. The fraction of sp³-hybridized carbons (Fsp3) is 0.267. The maximum atomic E-state index is 11.8. The van der Waals surface area contributed by atoms with Crippen molar-refractivity contribution in [3.8, 4) is 5.75 Å². The Morgan fingerprint density at radius 2 is 2.13 bits per heavy atom. The van der Waals surface area contributed by atoms with E-state index >= 15 is 0 Å². The number of aromatic nitrogens is 1. The van der Waals surface area contributed by atoms with Gasteiger partial charge in [0.15, 0.2) is 6.61 Å². The number of amides is 1. The minimum Gasteiger partial charge on any atom is -0.507 e. The third kappa shape index (κ3) is 4.56. The van der Waals surface area contributed by atoms with E-state index in [0.717, 1.165) is 0 Å². The molecule has 2 aromatic rings. The van der Waals surface area contributed by atoms with Crippen LogP contribution in [0.3, 0.4) is 0 Å². The number of aromatic hydroxyl groups is 1. The van der Waals surface area contributed by atoms with Gasteiger partial charge < -0.3 is 14.4 Å². The van der Waals surface area contributed by atoms with Crippen LogP contribution in [0.5, 0.6) is 5.75 Å². The Labute approximate surface area is 140 Å². The van der Waals surface area contributed by atoms with Gasteiger partial charge in [0.2, 0.25) is 5.88 Å². The number of nitrogens with one attached hydrogen (secondary N) is 1. The zero-order valence-electron chi connectivity index (χ0n) is 12.5. The number of phenols is 1. The monoisotopic (exact) mass is 382 g/mol. The lowest BCUT2D eigenvalue weighted by Gasteiger charge is -2.05. The Morgan fingerprint density at radius 3 is 2.74 bits per heavy atom. The summed E-state index contributed by atoms with van der Waals surface area (Å²) in [7, 11) is 0. The number of rotatable bonds is 5. The topological polar surface area (TPSA) is 102 Å². The minimum atomic E-state index is -0.679. The number of halogens is 1. The second-order valence-electron chi connectivity index (χ2n) is 5.06. The molecule has 8 heteroatoms. The normalized spacial score (nSPS) is 10.6. The lowest BCUT2D eigenvalue weighted by atomic mass is 10.1. The van der Waals surface area contributed by atoms with Crippen molar-refractivity contribution in [1.82, 2.24) is 5.16 Å². The smallest absolute Gasteiger partial charge is 0.338 e. The van der Waals surface area contributed by atoms with Crippen molar-refractivity contribution in [1.29, 1.82) is 0 Å². The molecule has 0 spiro atoms. The first-order valence-electron chi connectivity index (χ1n) is 6.79. The molecule has 0 aliphatic heterocycles. The van der Waals surface area contributed by atoms with Crippen molar-refractivity contribution >= 4 is 33.7 Å². The summed E-state index contributed by atoms with van der Waals surface area (Å²) in [5.41, 5.74) is 0.926. The molecule has 23 heavy (non-hydrogen) atoms. The third-order valence-electron chi connectivity index (χ3n) is 2.90. The number of hydrogen-bond donors (Lipinski definition) is 2. The lowest BCUT2D eigenvalue weighted by Crippen LogP contribution is -2.20. The van der Waals surface area contributed by atoms with E-state index in [1.807, 2.05) is 13.8 Å². The van der Waals surface area contributed by atoms with Gasteiger partial charge in [0.05, 0.1) is 15.7 Å². The fourth-order valence-electron chi connectivity index (χ4n) is 1.64. The van der Waals surface area contributed by atoms with Gasteiger partial charge in [-0.05, 0) is 40.0 Å². The van der Waals surface area contributed by atoms with Crippen LogP contribution in [0, 0.1) is 0 Å². The molecule has 0 saturated carbocycles. The number of phenolic OH excluding ortho intramolecular Hbond substituents is 1. The number of anilines is 1. The summed E-state index contributed by atoms with van der Waals surface area (Å²) in [4.78, 5) is 23.5. The quantitative estimate of drug-likeness (QED) is 0.770. The van der Waals surface area contributed by atoms with Crippen LogP contribution in [0.15, 0.2) is 33.3 Å². The highest BCUT2D eigenvalue weighted by atomic mass is 79.9. The summed E-state index contributed by atoms with van der Waals surface area (Å²) in [5, 5.41) is 15.6. The van der Waals surface area contributed by atoms with Gasteiger partial charge in [-0.3, -0.25) is 10.1 Å². The predicted octanol–water partition coefficient (Wildman–Crippen LogP) is 3.06. The number of ether oxygens (including phenoxy) is 1. The first-order valence-corrected chi connectivity index (χ1v) is 7.58. The second kappa shape index (κ2) is 7.28. The van der Waals surface area contributed by atoms with Crippen LogP contribution in [0.25, 0.3) is 0 Å². The molecule has 0 saturated heterocycles. The molecule has 0 radical (unpaired) electrons. The zero-order valence-corrected chi connectivity index (χ0v) is 14.1. The number of esters is 1. The van der Waals surface area contributed by atoms with Crippen molar-refractivity contribution in [2.24, 2.45) is 0 Å².